The lowest BCUT2D eigenvalue weighted by Gasteiger charge is -2.13. The van der Waals surface area contributed by atoms with Crippen molar-refractivity contribution >= 4 is 63.2 Å². The van der Waals surface area contributed by atoms with E-state index >= 15 is 0 Å². The average Bonchev–Trinajstić information content (AvgIpc) is 3.42. The van der Waals surface area contributed by atoms with Crippen molar-refractivity contribution in [1.29, 1.82) is 0 Å². The number of carbonyl (C=O) groups excluding carboxylic acids is 2. The highest BCUT2D eigenvalue weighted by Crippen LogP contribution is 2.52. The van der Waals surface area contributed by atoms with Crippen LogP contribution in [0.2, 0.25) is 0 Å². The summed E-state index contributed by atoms with van der Waals surface area (Å²) in [6.07, 6.45) is 6.69. The lowest BCUT2D eigenvalue weighted by atomic mass is 9.85. The molecule has 1 heterocycles. The zero-order chi connectivity index (χ0) is 21.7. The minimum Gasteiger partial charge on any atom is -0.487 e. The number of hydrazone groups is 1. The molecule has 2 amide bonds. The van der Waals surface area contributed by atoms with E-state index in [0.717, 1.165) is 35.4 Å². The number of hydrogen-bond acceptors (Lipinski definition) is 4. The molecule has 0 unspecified atom stereocenters. The monoisotopic (exact) mass is 638 g/mol. The normalized spacial score (nSPS) is 26.4. The molecule has 1 aliphatic heterocycles. The molecule has 1 saturated heterocycles. The molecule has 7 heteroatoms. The van der Waals surface area contributed by atoms with Crippen molar-refractivity contribution < 1.29 is 14.3 Å². The Morgan fingerprint density at radius 1 is 1.03 bits per heavy atom. The Balaban J connectivity index is 1.30. The van der Waals surface area contributed by atoms with Crippen molar-refractivity contribution in [2.45, 2.75) is 20.0 Å². The number of fused-ring (bicyclic) bond motifs is 5. The quantitative estimate of drug-likeness (QED) is 0.202. The molecule has 158 valence electrons. The van der Waals surface area contributed by atoms with E-state index in [2.05, 4.69) is 93.6 Å². The SMILES string of the molecule is Cc1ccc(COc2c(I)cc(C=NN3C(=O)[C@@H]4[C@H](C3=O)[C@H]3C=C[C@H]4C3)cc2I)cc1. The van der Waals surface area contributed by atoms with Crippen molar-refractivity contribution in [3.63, 3.8) is 0 Å². The molecule has 2 bridgehead atoms. The third-order valence-electron chi connectivity index (χ3n) is 6.29. The van der Waals surface area contributed by atoms with E-state index < -0.39 is 0 Å². The zero-order valence-corrected chi connectivity index (χ0v) is 21.1. The standard InChI is InChI=1S/C24H20I2N2O3/c1-13-2-4-14(5-3-13)12-31-22-18(25)8-15(9-19(22)26)11-27-28-23(29)20-16-6-7-17(10-16)21(20)24(28)30/h2-9,11,16-17,20-21H,10,12H2,1H3/t16-,17-,20-,21+/m0/s1. The fraction of sp³-hybridized carbons (Fsp3) is 0.292. The van der Waals surface area contributed by atoms with Crippen LogP contribution in [0.15, 0.2) is 53.7 Å². The lowest BCUT2D eigenvalue weighted by Crippen LogP contribution is -2.28. The molecule has 31 heavy (non-hydrogen) atoms. The predicted molar refractivity (Wildman–Crippen MR) is 135 cm³/mol. The summed E-state index contributed by atoms with van der Waals surface area (Å²) in [6, 6.07) is 12.2. The molecule has 0 radical (unpaired) electrons. The highest BCUT2D eigenvalue weighted by Gasteiger charge is 2.59. The molecule has 2 fully saturated rings. The summed E-state index contributed by atoms with van der Waals surface area (Å²) in [6.45, 7) is 2.56. The summed E-state index contributed by atoms with van der Waals surface area (Å²) in [5.74, 6) is 0.437. The third kappa shape index (κ3) is 3.83. The lowest BCUT2D eigenvalue weighted by molar-refractivity contribution is -0.140. The molecule has 2 aliphatic carbocycles. The number of nitrogens with zero attached hydrogens (tertiary/aromatic N) is 2. The summed E-state index contributed by atoms with van der Waals surface area (Å²) < 4.78 is 7.97. The number of allylic oxidation sites excluding steroid dienone is 2. The van der Waals surface area contributed by atoms with Crippen molar-refractivity contribution in [2.24, 2.45) is 28.8 Å². The van der Waals surface area contributed by atoms with E-state index in [-0.39, 0.29) is 35.5 Å². The van der Waals surface area contributed by atoms with Crippen LogP contribution in [0, 0.1) is 37.7 Å². The second-order valence-electron chi connectivity index (χ2n) is 8.32. The highest BCUT2D eigenvalue weighted by atomic mass is 127. The number of benzene rings is 2. The molecule has 3 aliphatic rings. The molecule has 0 aromatic heterocycles. The largest absolute Gasteiger partial charge is 0.487 e. The van der Waals surface area contributed by atoms with Crippen LogP contribution < -0.4 is 4.74 Å². The first-order chi connectivity index (χ1) is 14.9. The average molecular weight is 638 g/mol. The number of ether oxygens (including phenoxy) is 1. The first kappa shape index (κ1) is 21.1. The van der Waals surface area contributed by atoms with Gasteiger partial charge in [0, 0.05) is 0 Å². The van der Waals surface area contributed by atoms with E-state index in [4.69, 9.17) is 4.74 Å². The van der Waals surface area contributed by atoms with Crippen LogP contribution in [0.5, 0.6) is 5.75 Å². The van der Waals surface area contributed by atoms with Gasteiger partial charge < -0.3 is 4.74 Å². The van der Waals surface area contributed by atoms with Gasteiger partial charge in [-0.05, 0) is 93.6 Å². The number of imide groups is 1. The summed E-state index contributed by atoms with van der Waals surface area (Å²) >= 11 is 4.49. The van der Waals surface area contributed by atoms with Gasteiger partial charge in [-0.2, -0.15) is 10.1 Å². The molecule has 0 N–H and O–H groups in total. The second kappa shape index (κ2) is 8.31. The molecular formula is C24H20I2N2O3. The molecule has 4 atom stereocenters. The Morgan fingerprint density at radius 2 is 1.61 bits per heavy atom. The smallest absolute Gasteiger partial charge is 0.254 e. The van der Waals surface area contributed by atoms with Crippen LogP contribution in [0.1, 0.15) is 23.1 Å². The van der Waals surface area contributed by atoms with Crippen LogP contribution in [-0.4, -0.2) is 23.0 Å². The Morgan fingerprint density at radius 3 is 2.19 bits per heavy atom. The van der Waals surface area contributed by atoms with Gasteiger partial charge in [0.25, 0.3) is 11.8 Å². The molecular weight excluding hydrogens is 618 g/mol. The third-order valence-corrected chi connectivity index (χ3v) is 7.90. The second-order valence-corrected chi connectivity index (χ2v) is 10.6. The molecule has 5 rings (SSSR count). The van der Waals surface area contributed by atoms with Crippen molar-refractivity contribution in [1.82, 2.24) is 5.01 Å². The molecule has 5 nitrogen and oxygen atoms in total. The Labute approximate surface area is 208 Å². The predicted octanol–water partition coefficient (Wildman–Crippen LogP) is 4.92. The molecule has 2 aromatic carbocycles. The molecule has 1 saturated carbocycles. The van der Waals surface area contributed by atoms with Gasteiger partial charge in [0.2, 0.25) is 0 Å². The van der Waals surface area contributed by atoms with Crippen molar-refractivity contribution in [2.75, 3.05) is 0 Å². The van der Waals surface area contributed by atoms with Gasteiger partial charge in [-0.1, -0.05) is 42.0 Å². The van der Waals surface area contributed by atoms with Crippen LogP contribution in [0.25, 0.3) is 0 Å². The number of rotatable bonds is 5. The number of carbonyl (C=O) groups is 2. The van der Waals surface area contributed by atoms with Crippen LogP contribution in [0.3, 0.4) is 0 Å². The Hall–Kier alpha value is -1.75. The summed E-state index contributed by atoms with van der Waals surface area (Å²) in [5.41, 5.74) is 3.16. The van der Waals surface area contributed by atoms with E-state index in [1.165, 1.54) is 5.56 Å². The summed E-state index contributed by atoms with van der Waals surface area (Å²) in [7, 11) is 0. The van der Waals surface area contributed by atoms with E-state index in [1.54, 1.807) is 6.21 Å². The summed E-state index contributed by atoms with van der Waals surface area (Å²) in [4.78, 5) is 25.5. The van der Waals surface area contributed by atoms with Gasteiger partial charge in [0.15, 0.2) is 0 Å². The number of aryl methyl sites for hydroxylation is 1. The molecule has 2 aromatic rings. The fourth-order valence-corrected chi connectivity index (χ4v) is 6.88. The Bertz CT molecular complexity index is 1070. The maximum absolute atomic E-state index is 12.8. The first-order valence-corrected chi connectivity index (χ1v) is 12.4. The van der Waals surface area contributed by atoms with Gasteiger partial charge in [-0.3, -0.25) is 9.59 Å². The summed E-state index contributed by atoms with van der Waals surface area (Å²) in [5, 5.41) is 5.37. The van der Waals surface area contributed by atoms with Crippen molar-refractivity contribution in [3.8, 4) is 5.75 Å². The minimum absolute atomic E-state index is 0.162. The fourth-order valence-electron chi connectivity index (χ4n) is 4.76. The maximum Gasteiger partial charge on any atom is 0.254 e. The topological polar surface area (TPSA) is 59.0 Å². The minimum atomic E-state index is -0.225. The van der Waals surface area contributed by atoms with Crippen molar-refractivity contribution in [3.05, 3.63) is 72.4 Å². The number of amides is 2. The highest BCUT2D eigenvalue weighted by molar-refractivity contribution is 14.1. The van der Waals surface area contributed by atoms with Gasteiger partial charge in [-0.25, -0.2) is 0 Å². The van der Waals surface area contributed by atoms with E-state index in [9.17, 15) is 9.59 Å². The first-order valence-electron chi connectivity index (χ1n) is 10.2. The van der Waals surface area contributed by atoms with Crippen LogP contribution >= 0.6 is 45.2 Å². The van der Waals surface area contributed by atoms with Gasteiger partial charge in [-0.15, -0.1) is 0 Å². The Kier molecular flexibility index (Phi) is 5.66. The van der Waals surface area contributed by atoms with E-state index in [1.807, 2.05) is 12.1 Å². The number of hydrogen-bond donors (Lipinski definition) is 0. The van der Waals surface area contributed by atoms with Crippen LogP contribution in [0.4, 0.5) is 0 Å². The van der Waals surface area contributed by atoms with Gasteiger partial charge in [0.05, 0.1) is 25.2 Å². The van der Waals surface area contributed by atoms with Gasteiger partial charge >= 0.3 is 0 Å². The van der Waals surface area contributed by atoms with Gasteiger partial charge in [0.1, 0.15) is 12.4 Å². The van der Waals surface area contributed by atoms with E-state index in [0.29, 0.717) is 6.61 Å². The zero-order valence-electron chi connectivity index (χ0n) is 16.8. The molecule has 0 spiro atoms. The van der Waals surface area contributed by atoms with Crippen LogP contribution in [-0.2, 0) is 16.2 Å². The maximum atomic E-state index is 12.8. The number of halogens is 2.